The number of sulfone groups is 1. The topological polar surface area (TPSA) is 57.9 Å². The van der Waals surface area contributed by atoms with Crippen LogP contribution in [0.1, 0.15) is 28.2 Å². The first-order valence-electron chi connectivity index (χ1n) is 4.73. The molecule has 1 unspecified atom stereocenters. The van der Waals surface area contributed by atoms with Crippen molar-refractivity contribution in [1.82, 2.24) is 0 Å². The van der Waals surface area contributed by atoms with Crippen LogP contribution in [0.3, 0.4) is 0 Å². The second-order valence-electron chi connectivity index (χ2n) is 3.79. The molecule has 1 aliphatic rings. The van der Waals surface area contributed by atoms with Gasteiger partial charge in [0.2, 0.25) is 0 Å². The molecule has 1 aromatic heterocycles. The highest BCUT2D eigenvalue weighted by atomic mass is 32.2. The third kappa shape index (κ3) is 2.06. The van der Waals surface area contributed by atoms with Crippen molar-refractivity contribution in [2.75, 3.05) is 5.75 Å². The van der Waals surface area contributed by atoms with E-state index < -0.39 is 9.84 Å². The Hall–Kier alpha value is -0.860. The van der Waals surface area contributed by atoms with Crippen LogP contribution in [0.15, 0.2) is 6.07 Å². The zero-order chi connectivity index (χ0) is 11.1. The molecular formula is C10H11NO2S2. The first-order valence-corrected chi connectivity index (χ1v) is 7.37. The Bertz CT molecular complexity index is 522. The van der Waals surface area contributed by atoms with Crippen LogP contribution in [0.5, 0.6) is 0 Å². The summed E-state index contributed by atoms with van der Waals surface area (Å²) < 4.78 is 22.8. The van der Waals surface area contributed by atoms with Crippen molar-refractivity contribution < 1.29 is 8.42 Å². The van der Waals surface area contributed by atoms with Crippen molar-refractivity contribution >= 4 is 21.2 Å². The Kier molecular flexibility index (Phi) is 2.57. The predicted molar refractivity (Wildman–Crippen MR) is 59.5 cm³/mol. The molecule has 1 aromatic rings. The standard InChI is InChI=1S/C10H11NO2S2/c1-7(5-11)10-4-8-6-15(12,13)3-2-9(8)14-10/h4,7H,2-3,6H2,1H3. The van der Waals surface area contributed by atoms with E-state index >= 15 is 0 Å². The molecule has 0 N–H and O–H groups in total. The Balaban J connectivity index is 2.38. The van der Waals surface area contributed by atoms with E-state index in [2.05, 4.69) is 6.07 Å². The van der Waals surface area contributed by atoms with E-state index in [1.165, 1.54) is 0 Å². The zero-order valence-corrected chi connectivity index (χ0v) is 9.99. The number of fused-ring (bicyclic) bond motifs is 1. The molecule has 0 bridgehead atoms. The van der Waals surface area contributed by atoms with Gasteiger partial charge in [-0.1, -0.05) is 0 Å². The van der Waals surface area contributed by atoms with Crippen molar-refractivity contribution in [2.24, 2.45) is 0 Å². The molecule has 80 valence electrons. The number of thiophene rings is 1. The number of hydrogen-bond donors (Lipinski definition) is 0. The number of nitrogens with zero attached hydrogens (tertiary/aromatic N) is 1. The summed E-state index contributed by atoms with van der Waals surface area (Å²) in [5.41, 5.74) is 0.906. The lowest BCUT2D eigenvalue weighted by molar-refractivity contribution is 0.592. The van der Waals surface area contributed by atoms with Gasteiger partial charge in [-0.2, -0.15) is 5.26 Å². The van der Waals surface area contributed by atoms with Crippen LogP contribution in [0.2, 0.25) is 0 Å². The molecule has 0 radical (unpaired) electrons. The highest BCUT2D eigenvalue weighted by molar-refractivity contribution is 7.90. The fraction of sp³-hybridized carbons (Fsp3) is 0.500. The Morgan fingerprint density at radius 3 is 3.00 bits per heavy atom. The highest BCUT2D eigenvalue weighted by Gasteiger charge is 2.24. The Morgan fingerprint density at radius 1 is 1.60 bits per heavy atom. The van der Waals surface area contributed by atoms with Crippen molar-refractivity contribution in [2.45, 2.75) is 25.0 Å². The average molecular weight is 241 g/mol. The minimum Gasteiger partial charge on any atom is -0.228 e. The highest BCUT2D eigenvalue weighted by Crippen LogP contribution is 2.32. The smallest absolute Gasteiger partial charge is 0.154 e. The first kappa shape index (κ1) is 10.7. The van der Waals surface area contributed by atoms with Crippen LogP contribution in [0.4, 0.5) is 0 Å². The van der Waals surface area contributed by atoms with Gasteiger partial charge in [-0.25, -0.2) is 8.42 Å². The predicted octanol–water partition coefficient (Wildman–Crippen LogP) is 1.85. The second-order valence-corrected chi connectivity index (χ2v) is 7.14. The molecule has 2 heterocycles. The summed E-state index contributed by atoms with van der Waals surface area (Å²) in [6.07, 6.45) is 0.612. The summed E-state index contributed by atoms with van der Waals surface area (Å²) in [5.74, 6) is 0.265. The molecule has 0 fully saturated rings. The maximum Gasteiger partial charge on any atom is 0.154 e. The molecular weight excluding hydrogens is 230 g/mol. The summed E-state index contributed by atoms with van der Waals surface area (Å²) in [7, 11) is -2.89. The van der Waals surface area contributed by atoms with E-state index in [0.29, 0.717) is 6.42 Å². The molecule has 2 rings (SSSR count). The monoisotopic (exact) mass is 241 g/mol. The number of nitriles is 1. The molecule has 15 heavy (non-hydrogen) atoms. The molecule has 0 aliphatic carbocycles. The third-order valence-corrected chi connectivity index (χ3v) is 5.55. The molecule has 0 saturated heterocycles. The van der Waals surface area contributed by atoms with E-state index in [9.17, 15) is 8.42 Å². The van der Waals surface area contributed by atoms with Crippen molar-refractivity contribution in [3.8, 4) is 6.07 Å². The summed E-state index contributed by atoms with van der Waals surface area (Å²) in [6.45, 7) is 1.84. The summed E-state index contributed by atoms with van der Waals surface area (Å²) >= 11 is 1.58. The quantitative estimate of drug-likeness (QED) is 0.754. The molecule has 3 nitrogen and oxygen atoms in total. The van der Waals surface area contributed by atoms with Gasteiger partial charge >= 0.3 is 0 Å². The Labute approximate surface area is 93.3 Å². The largest absolute Gasteiger partial charge is 0.228 e. The second kappa shape index (κ2) is 3.62. The van der Waals surface area contributed by atoms with Gasteiger partial charge in [0, 0.05) is 9.75 Å². The zero-order valence-electron chi connectivity index (χ0n) is 8.36. The molecule has 0 aromatic carbocycles. The third-order valence-electron chi connectivity index (χ3n) is 2.55. The van der Waals surface area contributed by atoms with Gasteiger partial charge in [-0.3, -0.25) is 0 Å². The summed E-state index contributed by atoms with van der Waals surface area (Å²) in [6, 6.07) is 4.05. The van der Waals surface area contributed by atoms with Gasteiger partial charge < -0.3 is 0 Å². The maximum atomic E-state index is 11.4. The summed E-state index contributed by atoms with van der Waals surface area (Å²) in [4.78, 5) is 2.13. The fourth-order valence-electron chi connectivity index (χ4n) is 1.66. The van der Waals surface area contributed by atoms with E-state index in [4.69, 9.17) is 5.26 Å². The normalized spacial score (nSPS) is 20.3. The van der Waals surface area contributed by atoms with E-state index in [0.717, 1.165) is 15.3 Å². The fourth-order valence-corrected chi connectivity index (χ4v) is 4.45. The molecule has 0 saturated carbocycles. The molecule has 1 atom stereocenters. The number of aryl methyl sites for hydroxylation is 1. The molecule has 1 aliphatic heterocycles. The summed E-state index contributed by atoms with van der Waals surface area (Å²) in [5, 5.41) is 8.79. The van der Waals surface area contributed by atoms with Crippen LogP contribution in [0, 0.1) is 11.3 Å². The van der Waals surface area contributed by atoms with Gasteiger partial charge in [-0.15, -0.1) is 11.3 Å². The van der Waals surface area contributed by atoms with Gasteiger partial charge in [0.05, 0.1) is 23.5 Å². The van der Waals surface area contributed by atoms with Gasteiger partial charge in [0.1, 0.15) is 0 Å². The number of hydrogen-bond acceptors (Lipinski definition) is 4. The maximum absolute atomic E-state index is 11.4. The molecule has 0 amide bonds. The van der Waals surface area contributed by atoms with Gasteiger partial charge in [0.25, 0.3) is 0 Å². The minimum atomic E-state index is -2.89. The van der Waals surface area contributed by atoms with Crippen LogP contribution in [-0.2, 0) is 22.0 Å². The lowest BCUT2D eigenvalue weighted by atomic mass is 10.1. The average Bonchev–Trinajstić information content (AvgIpc) is 2.57. The van der Waals surface area contributed by atoms with Crippen LogP contribution >= 0.6 is 11.3 Å². The number of rotatable bonds is 1. The van der Waals surface area contributed by atoms with Gasteiger partial charge in [-0.05, 0) is 25.0 Å². The minimum absolute atomic E-state index is 0.136. The van der Waals surface area contributed by atoms with Crippen LogP contribution < -0.4 is 0 Å². The van der Waals surface area contributed by atoms with Gasteiger partial charge in [0.15, 0.2) is 9.84 Å². The molecule has 0 spiro atoms. The van der Waals surface area contributed by atoms with Crippen molar-refractivity contribution in [3.63, 3.8) is 0 Å². The lowest BCUT2D eigenvalue weighted by Gasteiger charge is -2.10. The van der Waals surface area contributed by atoms with Crippen molar-refractivity contribution in [1.29, 1.82) is 5.26 Å². The van der Waals surface area contributed by atoms with E-state index in [-0.39, 0.29) is 17.4 Å². The van der Waals surface area contributed by atoms with E-state index in [1.807, 2.05) is 13.0 Å². The van der Waals surface area contributed by atoms with E-state index in [1.54, 1.807) is 11.3 Å². The lowest BCUT2D eigenvalue weighted by Crippen LogP contribution is -2.16. The SMILES string of the molecule is CC(C#N)c1cc2c(s1)CCS(=O)(=O)C2. The van der Waals surface area contributed by atoms with Crippen LogP contribution in [-0.4, -0.2) is 14.2 Å². The van der Waals surface area contributed by atoms with Crippen LogP contribution in [0.25, 0.3) is 0 Å². The molecule has 5 heteroatoms. The Morgan fingerprint density at radius 2 is 2.33 bits per heavy atom. The van der Waals surface area contributed by atoms with Crippen molar-refractivity contribution in [3.05, 3.63) is 21.4 Å². The first-order chi connectivity index (χ1) is 7.02.